The van der Waals surface area contributed by atoms with E-state index in [9.17, 15) is 4.57 Å². The molecule has 0 saturated carbocycles. The van der Waals surface area contributed by atoms with Gasteiger partial charge in [-0.25, -0.2) is 4.52 Å². The summed E-state index contributed by atoms with van der Waals surface area (Å²) in [5.41, 5.74) is 0.704. The topological polar surface area (TPSA) is 46.5 Å². The van der Waals surface area contributed by atoms with Gasteiger partial charge in [-0.2, -0.15) is 0 Å². The Bertz CT molecular complexity index is 294. The predicted octanol–water partition coefficient (Wildman–Crippen LogP) is 2.32. The second-order valence-electron chi connectivity index (χ2n) is 2.12. The van der Waals surface area contributed by atoms with Crippen LogP contribution < -0.4 is 0 Å². The van der Waals surface area contributed by atoms with Crippen molar-refractivity contribution in [3.8, 4) is 0 Å². The minimum absolute atomic E-state index is 0.208. The molecular weight excluding hydrogens is 175 g/mol. The molecule has 0 aromatic heterocycles. The smallest absolute Gasteiger partial charge is 0.229 e. The Morgan fingerprint density at radius 1 is 1.42 bits per heavy atom. The highest BCUT2D eigenvalue weighted by Gasteiger charge is 2.15. The van der Waals surface area contributed by atoms with E-state index < -0.39 is 8.25 Å². The van der Waals surface area contributed by atoms with Crippen LogP contribution in [0, 0.1) is 0 Å². The predicted molar refractivity (Wildman–Crippen MR) is 46.4 cm³/mol. The lowest BCUT2D eigenvalue weighted by atomic mass is 10.2. The SMILES string of the molecule is C=C(O[P+](=O)O)c1ccccc1. The van der Waals surface area contributed by atoms with Gasteiger partial charge in [-0.3, -0.25) is 0 Å². The fourth-order valence-electron chi connectivity index (χ4n) is 0.771. The summed E-state index contributed by atoms with van der Waals surface area (Å²) in [6, 6.07) is 8.95. The van der Waals surface area contributed by atoms with Crippen LogP contribution in [-0.2, 0) is 9.09 Å². The molecular formula is C8H8O3P+. The van der Waals surface area contributed by atoms with Crippen molar-refractivity contribution in [1.82, 2.24) is 0 Å². The van der Waals surface area contributed by atoms with Crippen molar-refractivity contribution in [2.24, 2.45) is 0 Å². The van der Waals surface area contributed by atoms with E-state index in [4.69, 9.17) is 4.89 Å². The van der Waals surface area contributed by atoms with Crippen LogP contribution in [0.5, 0.6) is 0 Å². The lowest BCUT2D eigenvalue weighted by Gasteiger charge is -1.95. The van der Waals surface area contributed by atoms with Gasteiger partial charge in [0.05, 0.1) is 0 Å². The third-order valence-corrected chi connectivity index (χ3v) is 1.66. The average Bonchev–Trinajstić information content (AvgIpc) is 2.05. The Morgan fingerprint density at radius 3 is 2.50 bits per heavy atom. The first-order valence-corrected chi connectivity index (χ1v) is 4.41. The Hall–Kier alpha value is -1.18. The fourth-order valence-corrected chi connectivity index (χ4v) is 1.06. The fraction of sp³-hybridized carbons (Fsp3) is 0. The van der Waals surface area contributed by atoms with Gasteiger partial charge in [0.1, 0.15) is 0 Å². The molecule has 0 aliphatic heterocycles. The van der Waals surface area contributed by atoms with Crippen molar-refractivity contribution >= 4 is 14.0 Å². The molecule has 3 nitrogen and oxygen atoms in total. The van der Waals surface area contributed by atoms with E-state index >= 15 is 0 Å². The maximum absolute atomic E-state index is 10.2. The summed E-state index contributed by atoms with van der Waals surface area (Å²) in [5.74, 6) is 0.208. The third-order valence-electron chi connectivity index (χ3n) is 1.28. The summed E-state index contributed by atoms with van der Waals surface area (Å²) in [7, 11) is -2.61. The van der Waals surface area contributed by atoms with Crippen molar-refractivity contribution in [3.05, 3.63) is 42.5 Å². The second-order valence-corrected chi connectivity index (χ2v) is 2.78. The van der Waals surface area contributed by atoms with Crippen LogP contribution in [-0.4, -0.2) is 4.89 Å². The highest BCUT2D eigenvalue weighted by atomic mass is 31.1. The minimum atomic E-state index is -2.61. The molecule has 0 fully saturated rings. The summed E-state index contributed by atoms with van der Waals surface area (Å²) in [6.07, 6.45) is 0. The molecule has 0 spiro atoms. The lowest BCUT2D eigenvalue weighted by Crippen LogP contribution is -1.81. The maximum Gasteiger partial charge on any atom is 0.747 e. The Kier molecular flexibility index (Phi) is 2.97. The molecule has 0 radical (unpaired) electrons. The summed E-state index contributed by atoms with van der Waals surface area (Å²) in [6.45, 7) is 3.50. The molecule has 1 aromatic carbocycles. The van der Waals surface area contributed by atoms with Gasteiger partial charge in [-0.1, -0.05) is 30.3 Å². The van der Waals surface area contributed by atoms with E-state index in [1.54, 1.807) is 24.3 Å². The molecule has 0 bridgehead atoms. The van der Waals surface area contributed by atoms with E-state index in [1.807, 2.05) is 6.07 Å². The number of benzene rings is 1. The van der Waals surface area contributed by atoms with E-state index in [0.717, 1.165) is 0 Å². The Morgan fingerprint density at radius 2 is 2.00 bits per heavy atom. The molecule has 0 heterocycles. The van der Waals surface area contributed by atoms with Gasteiger partial charge < -0.3 is 0 Å². The van der Waals surface area contributed by atoms with Crippen LogP contribution in [0.2, 0.25) is 0 Å². The van der Waals surface area contributed by atoms with Crippen molar-refractivity contribution in [3.63, 3.8) is 0 Å². The van der Waals surface area contributed by atoms with Crippen LogP contribution in [0.15, 0.2) is 36.9 Å². The quantitative estimate of drug-likeness (QED) is 0.577. The van der Waals surface area contributed by atoms with Crippen LogP contribution >= 0.6 is 8.25 Å². The molecule has 1 aromatic rings. The Balaban J connectivity index is 2.73. The molecule has 0 amide bonds. The van der Waals surface area contributed by atoms with Gasteiger partial charge in [-0.15, -0.1) is 4.89 Å². The highest BCUT2D eigenvalue weighted by Crippen LogP contribution is 2.25. The number of rotatable bonds is 3. The zero-order valence-electron chi connectivity index (χ0n) is 6.30. The summed E-state index contributed by atoms with van der Waals surface area (Å²) >= 11 is 0. The standard InChI is InChI=1S/C8H7O3P/c1-7(11-12(9)10)8-5-3-2-4-6-8/h2-6H,1H2/p+1. The molecule has 12 heavy (non-hydrogen) atoms. The van der Waals surface area contributed by atoms with Crippen molar-refractivity contribution in [2.75, 3.05) is 0 Å². The van der Waals surface area contributed by atoms with Gasteiger partial charge >= 0.3 is 8.25 Å². The van der Waals surface area contributed by atoms with E-state index in [1.165, 1.54) is 0 Å². The zero-order chi connectivity index (χ0) is 8.97. The lowest BCUT2D eigenvalue weighted by molar-refractivity contribution is 0.393. The van der Waals surface area contributed by atoms with Gasteiger partial charge in [0.2, 0.25) is 0 Å². The molecule has 1 atom stereocenters. The maximum atomic E-state index is 10.2. The molecule has 0 saturated heterocycles. The van der Waals surface area contributed by atoms with Gasteiger partial charge in [0.15, 0.2) is 5.76 Å². The van der Waals surface area contributed by atoms with Crippen LogP contribution in [0.25, 0.3) is 5.76 Å². The second kappa shape index (κ2) is 4.00. The van der Waals surface area contributed by atoms with E-state index in [2.05, 4.69) is 11.1 Å². The first kappa shape index (κ1) is 8.91. The molecule has 62 valence electrons. The molecule has 4 heteroatoms. The first-order valence-electron chi connectivity index (χ1n) is 3.28. The zero-order valence-corrected chi connectivity index (χ0v) is 7.20. The van der Waals surface area contributed by atoms with Crippen molar-refractivity contribution in [1.29, 1.82) is 0 Å². The summed E-state index contributed by atoms with van der Waals surface area (Å²) in [4.78, 5) is 8.41. The van der Waals surface area contributed by atoms with Crippen molar-refractivity contribution in [2.45, 2.75) is 0 Å². The van der Waals surface area contributed by atoms with Gasteiger partial charge in [0, 0.05) is 10.1 Å². The van der Waals surface area contributed by atoms with Gasteiger partial charge in [-0.05, 0) is 6.58 Å². The number of hydrogen-bond acceptors (Lipinski definition) is 2. The monoisotopic (exact) mass is 183 g/mol. The average molecular weight is 183 g/mol. The largest absolute Gasteiger partial charge is 0.747 e. The Labute approximate surface area is 71.3 Å². The highest BCUT2D eigenvalue weighted by molar-refractivity contribution is 7.32. The molecule has 1 unspecified atom stereocenters. The van der Waals surface area contributed by atoms with Crippen molar-refractivity contribution < 1.29 is 14.0 Å². The molecule has 0 aliphatic rings. The summed E-state index contributed by atoms with van der Waals surface area (Å²) in [5, 5.41) is 0. The van der Waals surface area contributed by atoms with Gasteiger partial charge in [0.25, 0.3) is 0 Å². The molecule has 1 rings (SSSR count). The van der Waals surface area contributed by atoms with Crippen LogP contribution in [0.1, 0.15) is 5.56 Å². The molecule has 1 N–H and O–H groups in total. The normalized spacial score (nSPS) is 10.6. The minimum Gasteiger partial charge on any atom is -0.229 e. The van der Waals surface area contributed by atoms with E-state index in [0.29, 0.717) is 5.56 Å². The van der Waals surface area contributed by atoms with E-state index in [-0.39, 0.29) is 5.76 Å². The first-order chi connectivity index (χ1) is 5.70. The van der Waals surface area contributed by atoms with Crippen LogP contribution in [0.4, 0.5) is 0 Å². The van der Waals surface area contributed by atoms with Crippen LogP contribution in [0.3, 0.4) is 0 Å². The third kappa shape index (κ3) is 2.46. The number of hydrogen-bond donors (Lipinski definition) is 1. The molecule has 0 aliphatic carbocycles. The summed E-state index contributed by atoms with van der Waals surface area (Å²) < 4.78 is 14.8.